The van der Waals surface area contributed by atoms with Gasteiger partial charge >= 0.3 is 0 Å². The third-order valence-electron chi connectivity index (χ3n) is 4.98. The first kappa shape index (κ1) is 22.6. The summed E-state index contributed by atoms with van der Waals surface area (Å²) in [5.41, 5.74) is 0.315. The predicted molar refractivity (Wildman–Crippen MR) is 122 cm³/mol. The lowest BCUT2D eigenvalue weighted by atomic mass is 10.1. The number of sulfonamides is 1. The van der Waals surface area contributed by atoms with Crippen LogP contribution in [0.5, 0.6) is 5.75 Å². The molecule has 0 fully saturated rings. The van der Waals surface area contributed by atoms with Crippen LogP contribution in [0.3, 0.4) is 0 Å². The number of nitrogens with zero attached hydrogens (tertiary/aromatic N) is 2. The zero-order valence-electron chi connectivity index (χ0n) is 17.2. The van der Waals surface area contributed by atoms with Crippen molar-refractivity contribution in [3.8, 4) is 11.8 Å². The van der Waals surface area contributed by atoms with Crippen LogP contribution in [0.4, 0.5) is 15.8 Å². The number of carbonyl (C=O) groups is 1. The number of benzene rings is 3. The van der Waals surface area contributed by atoms with Gasteiger partial charge in [-0.25, -0.2) is 12.8 Å². The Labute approximate surface area is 195 Å². The van der Waals surface area contributed by atoms with Crippen molar-refractivity contribution < 1.29 is 22.3 Å². The summed E-state index contributed by atoms with van der Waals surface area (Å²) in [5, 5.41) is 11.6. The molecule has 1 heterocycles. The fourth-order valence-corrected chi connectivity index (χ4v) is 5.30. The molecule has 0 saturated carbocycles. The van der Waals surface area contributed by atoms with Gasteiger partial charge < -0.3 is 10.1 Å². The number of nitrogens with one attached hydrogen (secondary N) is 1. The van der Waals surface area contributed by atoms with Gasteiger partial charge in [0.2, 0.25) is 0 Å². The Kier molecular flexibility index (Phi) is 5.97. The van der Waals surface area contributed by atoms with E-state index in [0.29, 0.717) is 5.75 Å². The lowest BCUT2D eigenvalue weighted by Gasteiger charge is -2.34. The van der Waals surface area contributed by atoms with Crippen LogP contribution in [0, 0.1) is 17.1 Å². The smallest absolute Gasteiger partial charge is 0.264 e. The van der Waals surface area contributed by atoms with Crippen molar-refractivity contribution >= 4 is 38.9 Å². The zero-order chi connectivity index (χ0) is 23.8. The molecule has 0 bridgehead atoms. The highest BCUT2D eigenvalue weighted by atomic mass is 35.5. The van der Waals surface area contributed by atoms with Crippen LogP contribution in [-0.4, -0.2) is 27.0 Å². The second kappa shape index (κ2) is 8.73. The molecule has 3 aromatic rings. The second-order valence-electron chi connectivity index (χ2n) is 7.34. The Morgan fingerprint density at radius 3 is 2.70 bits per heavy atom. The van der Waals surface area contributed by atoms with Gasteiger partial charge in [-0.2, -0.15) is 5.26 Å². The second-order valence-corrected chi connectivity index (χ2v) is 9.61. The summed E-state index contributed by atoms with van der Waals surface area (Å²) < 4.78 is 47.9. The summed E-state index contributed by atoms with van der Waals surface area (Å²) in [6, 6.07) is 16.0. The number of carbonyl (C=O) groups excluding carboxylic acids is 1. The lowest BCUT2D eigenvalue weighted by Crippen LogP contribution is -2.42. The first-order valence-electron chi connectivity index (χ1n) is 9.79. The molecular formula is C23H17ClFN3O4S. The molecule has 10 heteroatoms. The Morgan fingerprint density at radius 1 is 1.21 bits per heavy atom. The van der Waals surface area contributed by atoms with Crippen LogP contribution in [0.25, 0.3) is 0 Å². The first-order valence-corrected chi connectivity index (χ1v) is 11.6. The molecule has 33 heavy (non-hydrogen) atoms. The molecule has 4 rings (SSSR count). The fraction of sp³-hybridized carbons (Fsp3) is 0.130. The Hall–Kier alpha value is -3.61. The minimum absolute atomic E-state index is 0.0165. The Balaban J connectivity index is 1.72. The molecule has 0 saturated heterocycles. The molecule has 1 amide bonds. The summed E-state index contributed by atoms with van der Waals surface area (Å²) in [5.74, 6) is -1.26. The maximum absolute atomic E-state index is 14.1. The van der Waals surface area contributed by atoms with E-state index in [0.717, 1.165) is 6.07 Å². The molecule has 3 aromatic carbocycles. The fourth-order valence-electron chi connectivity index (χ4n) is 3.46. The molecule has 1 aliphatic rings. The van der Waals surface area contributed by atoms with Crippen LogP contribution < -0.4 is 14.4 Å². The van der Waals surface area contributed by atoms with E-state index in [9.17, 15) is 17.6 Å². The van der Waals surface area contributed by atoms with Gasteiger partial charge in [-0.15, -0.1) is 0 Å². The summed E-state index contributed by atoms with van der Waals surface area (Å²) >= 11 is 5.97. The van der Waals surface area contributed by atoms with E-state index < -0.39 is 27.9 Å². The third kappa shape index (κ3) is 4.35. The largest absolute Gasteiger partial charge is 0.487 e. The van der Waals surface area contributed by atoms with Crippen molar-refractivity contribution in [1.82, 2.24) is 0 Å². The monoisotopic (exact) mass is 485 g/mol. The van der Waals surface area contributed by atoms with Gasteiger partial charge in [0.25, 0.3) is 15.9 Å². The van der Waals surface area contributed by atoms with Crippen LogP contribution in [0.1, 0.15) is 22.8 Å². The van der Waals surface area contributed by atoms with Crippen molar-refractivity contribution in [2.75, 3.05) is 16.2 Å². The highest BCUT2D eigenvalue weighted by Gasteiger charge is 2.33. The molecule has 0 unspecified atom stereocenters. The number of halogens is 2. The average molecular weight is 486 g/mol. The van der Waals surface area contributed by atoms with E-state index in [-0.39, 0.29) is 39.0 Å². The van der Waals surface area contributed by atoms with Gasteiger partial charge in [0.05, 0.1) is 39.3 Å². The Morgan fingerprint density at radius 2 is 1.97 bits per heavy atom. The topological polar surface area (TPSA) is 99.5 Å². The number of anilines is 2. The quantitative estimate of drug-likeness (QED) is 0.583. The lowest BCUT2D eigenvalue weighted by molar-refractivity contribution is 0.102. The maximum Gasteiger partial charge on any atom is 0.264 e. The predicted octanol–water partition coefficient (Wildman–Crippen LogP) is 4.58. The normalized spacial score (nSPS) is 15.2. The van der Waals surface area contributed by atoms with Crippen molar-refractivity contribution in [2.24, 2.45) is 0 Å². The first-order chi connectivity index (χ1) is 15.7. The molecule has 0 aromatic heterocycles. The van der Waals surface area contributed by atoms with Gasteiger partial charge in [-0.1, -0.05) is 23.7 Å². The maximum atomic E-state index is 14.1. The number of ether oxygens (including phenoxy) is 1. The van der Waals surface area contributed by atoms with Crippen LogP contribution in [0.15, 0.2) is 65.6 Å². The van der Waals surface area contributed by atoms with Crippen molar-refractivity contribution in [3.05, 3.63) is 82.6 Å². The standard InChI is InChI=1S/C23H17ClFN3O4S/c1-14-13-28(33(30,31)17-5-2-4-15(10-17)12-26)20-11-16(8-9-21(20)32-14)27-23(29)22-18(24)6-3-7-19(22)25/h2-11,14H,13H2,1H3,(H,27,29)/t14-/m0/s1. The number of amides is 1. The van der Waals surface area contributed by atoms with Crippen molar-refractivity contribution in [3.63, 3.8) is 0 Å². The van der Waals surface area contributed by atoms with E-state index >= 15 is 0 Å². The summed E-state index contributed by atoms with van der Waals surface area (Å²) in [6.45, 7) is 1.75. The van der Waals surface area contributed by atoms with E-state index in [4.69, 9.17) is 21.6 Å². The summed E-state index contributed by atoms with van der Waals surface area (Å²) in [7, 11) is -4.04. The van der Waals surface area contributed by atoms with Gasteiger partial charge in [0.15, 0.2) is 0 Å². The highest BCUT2D eigenvalue weighted by Crippen LogP contribution is 2.39. The SMILES string of the molecule is C[C@H]1CN(S(=O)(=O)c2cccc(C#N)c2)c2cc(NC(=O)c3c(F)cccc3Cl)ccc2O1. The average Bonchev–Trinajstić information content (AvgIpc) is 2.78. The molecule has 1 aliphatic heterocycles. The number of rotatable bonds is 4. The minimum Gasteiger partial charge on any atom is -0.487 e. The van der Waals surface area contributed by atoms with Crippen molar-refractivity contribution in [1.29, 1.82) is 5.26 Å². The number of fused-ring (bicyclic) bond motifs is 1. The van der Waals surface area contributed by atoms with Gasteiger partial charge in [-0.05, 0) is 55.5 Å². The molecule has 7 nitrogen and oxygen atoms in total. The molecular weight excluding hydrogens is 469 g/mol. The molecule has 0 aliphatic carbocycles. The van der Waals surface area contributed by atoms with Crippen LogP contribution in [0.2, 0.25) is 5.02 Å². The van der Waals surface area contributed by atoms with E-state index in [1.807, 2.05) is 6.07 Å². The molecule has 1 N–H and O–H groups in total. The zero-order valence-corrected chi connectivity index (χ0v) is 18.8. The highest BCUT2D eigenvalue weighted by molar-refractivity contribution is 7.92. The summed E-state index contributed by atoms with van der Waals surface area (Å²) in [4.78, 5) is 12.6. The van der Waals surface area contributed by atoms with E-state index in [1.165, 1.54) is 58.9 Å². The van der Waals surface area contributed by atoms with Crippen LogP contribution in [-0.2, 0) is 10.0 Å². The number of hydrogen-bond donors (Lipinski definition) is 1. The van der Waals surface area contributed by atoms with Gasteiger partial charge in [0.1, 0.15) is 17.7 Å². The Bertz CT molecular complexity index is 1380. The molecule has 0 spiro atoms. The minimum atomic E-state index is -4.04. The van der Waals surface area contributed by atoms with Crippen LogP contribution >= 0.6 is 11.6 Å². The van der Waals surface area contributed by atoms with Crippen molar-refractivity contribution in [2.45, 2.75) is 17.9 Å². The molecule has 1 atom stereocenters. The van der Waals surface area contributed by atoms with E-state index in [1.54, 1.807) is 6.92 Å². The summed E-state index contributed by atoms with van der Waals surface area (Å²) in [6.07, 6.45) is -0.441. The number of nitriles is 1. The third-order valence-corrected chi connectivity index (χ3v) is 7.07. The molecule has 0 radical (unpaired) electrons. The molecule has 168 valence electrons. The van der Waals surface area contributed by atoms with Gasteiger partial charge in [-0.3, -0.25) is 9.10 Å². The number of hydrogen-bond acceptors (Lipinski definition) is 5. The van der Waals surface area contributed by atoms with Gasteiger partial charge in [0, 0.05) is 5.69 Å². The van der Waals surface area contributed by atoms with E-state index in [2.05, 4.69) is 5.32 Å².